The summed E-state index contributed by atoms with van der Waals surface area (Å²) in [7, 11) is 0. The third kappa shape index (κ3) is 3.74. The van der Waals surface area contributed by atoms with Gasteiger partial charge in [-0.15, -0.1) is 0 Å². The number of benzene rings is 1. The van der Waals surface area contributed by atoms with Gasteiger partial charge in [0.1, 0.15) is 11.6 Å². The van der Waals surface area contributed by atoms with E-state index in [1.165, 1.54) is 12.1 Å². The average Bonchev–Trinajstić information content (AvgIpc) is 2.77. The standard InChI is InChI=1S/C15H17FN2O/c1-11(2)18-7-6-14(17-18)10-15(19)9-12-4-3-5-13(16)8-12/h3-8,11H,9-10H2,1-2H3. The summed E-state index contributed by atoms with van der Waals surface area (Å²) in [4.78, 5) is 11.9. The minimum absolute atomic E-state index is 0.0413. The number of ketones is 1. The van der Waals surface area contributed by atoms with Crippen LogP contribution in [0.5, 0.6) is 0 Å². The van der Waals surface area contributed by atoms with Gasteiger partial charge in [-0.05, 0) is 37.6 Å². The van der Waals surface area contributed by atoms with E-state index in [4.69, 9.17) is 0 Å². The Morgan fingerprint density at radius 1 is 1.32 bits per heavy atom. The van der Waals surface area contributed by atoms with Crippen molar-refractivity contribution in [2.45, 2.75) is 32.7 Å². The molecular weight excluding hydrogens is 243 g/mol. The Bertz CT molecular complexity index is 575. The Balaban J connectivity index is 1.97. The van der Waals surface area contributed by atoms with Crippen LogP contribution in [0.2, 0.25) is 0 Å². The van der Waals surface area contributed by atoms with E-state index in [0.717, 1.165) is 5.69 Å². The molecule has 0 fully saturated rings. The minimum Gasteiger partial charge on any atom is -0.299 e. The Labute approximate surface area is 112 Å². The fraction of sp³-hybridized carbons (Fsp3) is 0.333. The Morgan fingerprint density at radius 2 is 2.11 bits per heavy atom. The van der Waals surface area contributed by atoms with Crippen molar-refractivity contribution < 1.29 is 9.18 Å². The maximum Gasteiger partial charge on any atom is 0.143 e. The van der Waals surface area contributed by atoms with Gasteiger partial charge < -0.3 is 0 Å². The molecule has 19 heavy (non-hydrogen) atoms. The first-order valence-corrected chi connectivity index (χ1v) is 6.35. The quantitative estimate of drug-likeness (QED) is 0.828. The van der Waals surface area contributed by atoms with Crippen molar-refractivity contribution in [3.63, 3.8) is 0 Å². The number of hydrogen-bond donors (Lipinski definition) is 0. The summed E-state index contributed by atoms with van der Waals surface area (Å²) in [5, 5.41) is 4.33. The molecule has 0 radical (unpaired) electrons. The first kappa shape index (κ1) is 13.5. The lowest BCUT2D eigenvalue weighted by molar-refractivity contribution is -0.117. The van der Waals surface area contributed by atoms with Crippen LogP contribution in [-0.4, -0.2) is 15.6 Å². The predicted molar refractivity (Wildman–Crippen MR) is 71.4 cm³/mol. The van der Waals surface area contributed by atoms with Crippen molar-refractivity contribution in [3.8, 4) is 0 Å². The Kier molecular flexibility index (Phi) is 4.10. The number of Topliss-reactive ketones (excluding diaryl/α,β-unsaturated/α-hetero) is 1. The highest BCUT2D eigenvalue weighted by atomic mass is 19.1. The Morgan fingerprint density at radius 3 is 2.74 bits per heavy atom. The number of carbonyl (C=O) groups excluding carboxylic acids is 1. The number of halogens is 1. The van der Waals surface area contributed by atoms with E-state index in [9.17, 15) is 9.18 Å². The first-order chi connectivity index (χ1) is 9.04. The maximum absolute atomic E-state index is 13.0. The van der Waals surface area contributed by atoms with Gasteiger partial charge >= 0.3 is 0 Å². The molecule has 0 unspecified atom stereocenters. The molecule has 1 aromatic heterocycles. The molecule has 4 heteroatoms. The van der Waals surface area contributed by atoms with Crippen LogP contribution in [0.3, 0.4) is 0 Å². The molecule has 0 atom stereocenters. The van der Waals surface area contributed by atoms with Crippen molar-refractivity contribution in [1.29, 1.82) is 0 Å². The van der Waals surface area contributed by atoms with Crippen LogP contribution in [0, 0.1) is 5.82 Å². The summed E-state index contributed by atoms with van der Waals surface area (Å²) in [6.45, 7) is 4.07. The van der Waals surface area contributed by atoms with E-state index < -0.39 is 0 Å². The lowest BCUT2D eigenvalue weighted by atomic mass is 10.1. The van der Waals surface area contributed by atoms with Gasteiger partial charge in [0.05, 0.1) is 12.1 Å². The average molecular weight is 260 g/mol. The van der Waals surface area contributed by atoms with Gasteiger partial charge in [-0.2, -0.15) is 5.10 Å². The van der Waals surface area contributed by atoms with E-state index in [2.05, 4.69) is 5.10 Å². The molecule has 100 valence electrons. The largest absolute Gasteiger partial charge is 0.299 e. The highest BCUT2D eigenvalue weighted by Gasteiger charge is 2.09. The summed E-state index contributed by atoms with van der Waals surface area (Å²) in [6.07, 6.45) is 2.40. The van der Waals surface area contributed by atoms with Crippen molar-refractivity contribution in [2.75, 3.05) is 0 Å². The SMILES string of the molecule is CC(C)n1ccc(CC(=O)Cc2cccc(F)c2)n1. The fourth-order valence-corrected chi connectivity index (χ4v) is 1.90. The molecule has 0 aliphatic carbocycles. The van der Waals surface area contributed by atoms with Gasteiger partial charge in [0.15, 0.2) is 0 Å². The van der Waals surface area contributed by atoms with Crippen LogP contribution in [0.1, 0.15) is 31.1 Å². The summed E-state index contributed by atoms with van der Waals surface area (Å²) < 4.78 is 14.8. The molecule has 0 aliphatic rings. The summed E-state index contributed by atoms with van der Waals surface area (Å²) >= 11 is 0. The second-order valence-corrected chi connectivity index (χ2v) is 4.90. The second kappa shape index (κ2) is 5.78. The third-order valence-corrected chi connectivity index (χ3v) is 2.86. The van der Waals surface area contributed by atoms with Crippen LogP contribution < -0.4 is 0 Å². The van der Waals surface area contributed by atoms with E-state index in [0.29, 0.717) is 5.56 Å². The van der Waals surface area contributed by atoms with Gasteiger partial charge in [-0.3, -0.25) is 9.48 Å². The highest BCUT2D eigenvalue weighted by Crippen LogP contribution is 2.08. The van der Waals surface area contributed by atoms with Crippen LogP contribution >= 0.6 is 0 Å². The number of nitrogens with zero attached hydrogens (tertiary/aromatic N) is 2. The van der Waals surface area contributed by atoms with Gasteiger partial charge in [0.2, 0.25) is 0 Å². The molecule has 1 heterocycles. The topological polar surface area (TPSA) is 34.9 Å². The molecule has 0 N–H and O–H groups in total. The van der Waals surface area contributed by atoms with E-state index >= 15 is 0 Å². The van der Waals surface area contributed by atoms with E-state index in [1.807, 2.05) is 30.8 Å². The molecular formula is C15H17FN2O. The van der Waals surface area contributed by atoms with Gasteiger partial charge in [-0.1, -0.05) is 12.1 Å². The number of rotatable bonds is 5. The number of carbonyl (C=O) groups is 1. The zero-order valence-electron chi connectivity index (χ0n) is 11.1. The molecule has 2 rings (SSSR count). The summed E-state index contributed by atoms with van der Waals surface area (Å²) in [5.74, 6) is -0.269. The summed E-state index contributed by atoms with van der Waals surface area (Å²) in [6, 6.07) is 8.28. The van der Waals surface area contributed by atoms with Crippen LogP contribution in [0.25, 0.3) is 0 Å². The van der Waals surface area contributed by atoms with Crippen molar-refractivity contribution in [1.82, 2.24) is 9.78 Å². The molecule has 1 aromatic carbocycles. The van der Waals surface area contributed by atoms with Crippen LogP contribution in [0.4, 0.5) is 4.39 Å². The van der Waals surface area contributed by atoms with E-state index in [-0.39, 0.29) is 30.5 Å². The number of hydrogen-bond acceptors (Lipinski definition) is 2. The molecule has 0 saturated carbocycles. The van der Waals surface area contributed by atoms with Gasteiger partial charge in [0.25, 0.3) is 0 Å². The predicted octanol–water partition coefficient (Wildman–Crippen LogP) is 2.96. The van der Waals surface area contributed by atoms with Gasteiger partial charge in [-0.25, -0.2) is 4.39 Å². The molecule has 0 aliphatic heterocycles. The molecule has 0 spiro atoms. The molecule has 0 amide bonds. The zero-order chi connectivity index (χ0) is 13.8. The van der Waals surface area contributed by atoms with Crippen LogP contribution in [-0.2, 0) is 17.6 Å². The highest BCUT2D eigenvalue weighted by molar-refractivity contribution is 5.82. The lowest BCUT2D eigenvalue weighted by Crippen LogP contribution is -2.08. The molecule has 0 bridgehead atoms. The van der Waals surface area contributed by atoms with Gasteiger partial charge in [0, 0.05) is 18.7 Å². The lowest BCUT2D eigenvalue weighted by Gasteiger charge is -2.04. The normalized spacial score (nSPS) is 10.9. The Hall–Kier alpha value is -1.97. The third-order valence-electron chi connectivity index (χ3n) is 2.86. The van der Waals surface area contributed by atoms with Crippen molar-refractivity contribution in [2.24, 2.45) is 0 Å². The summed E-state index contributed by atoms with van der Waals surface area (Å²) in [5.41, 5.74) is 1.46. The molecule has 2 aromatic rings. The maximum atomic E-state index is 13.0. The minimum atomic E-state index is -0.311. The smallest absolute Gasteiger partial charge is 0.143 e. The van der Waals surface area contributed by atoms with Crippen molar-refractivity contribution >= 4 is 5.78 Å². The monoisotopic (exact) mass is 260 g/mol. The fourth-order valence-electron chi connectivity index (χ4n) is 1.90. The second-order valence-electron chi connectivity index (χ2n) is 4.90. The molecule has 3 nitrogen and oxygen atoms in total. The molecule has 0 saturated heterocycles. The van der Waals surface area contributed by atoms with E-state index in [1.54, 1.807) is 12.1 Å². The zero-order valence-corrected chi connectivity index (χ0v) is 11.1. The first-order valence-electron chi connectivity index (χ1n) is 6.35. The number of aromatic nitrogens is 2. The van der Waals surface area contributed by atoms with Crippen molar-refractivity contribution in [3.05, 3.63) is 53.6 Å². The van der Waals surface area contributed by atoms with Crippen LogP contribution in [0.15, 0.2) is 36.5 Å².